The van der Waals surface area contributed by atoms with Gasteiger partial charge in [-0.25, -0.2) is 5.43 Å². The molecule has 0 fully saturated rings. The Kier molecular flexibility index (Phi) is 4.92. The third-order valence-electron chi connectivity index (χ3n) is 2.60. The largest absolute Gasteiger partial charge is 0.494 e. The first kappa shape index (κ1) is 14.6. The second kappa shape index (κ2) is 7.09. The molecule has 2 aromatic rings. The quantitative estimate of drug-likeness (QED) is 0.541. The molecule has 1 aromatic heterocycles. The van der Waals surface area contributed by atoms with Crippen molar-refractivity contribution in [3.05, 3.63) is 51.9 Å². The summed E-state index contributed by atoms with van der Waals surface area (Å²) in [6, 6.07) is 8.67. The number of hydrogen-bond acceptors (Lipinski definition) is 4. The fourth-order valence-electron chi connectivity index (χ4n) is 1.68. The van der Waals surface area contributed by atoms with Crippen LogP contribution in [0.25, 0.3) is 0 Å². The van der Waals surface area contributed by atoms with Crippen molar-refractivity contribution in [2.45, 2.75) is 13.3 Å². The Morgan fingerprint density at radius 2 is 2.10 bits per heavy atom. The van der Waals surface area contributed by atoms with Crippen LogP contribution < -0.4 is 15.7 Å². The summed E-state index contributed by atoms with van der Waals surface area (Å²) in [5.41, 5.74) is 3.47. The zero-order valence-corrected chi connectivity index (χ0v) is 11.6. The Bertz CT molecular complexity index is 670. The van der Waals surface area contributed by atoms with Crippen LogP contribution >= 0.6 is 0 Å². The van der Waals surface area contributed by atoms with Gasteiger partial charge >= 0.3 is 0 Å². The number of rotatable bonds is 6. The van der Waals surface area contributed by atoms with Gasteiger partial charge in [-0.2, -0.15) is 5.10 Å². The number of ether oxygens (including phenoxy) is 1. The number of carbonyl (C=O) groups is 1. The highest BCUT2D eigenvalue weighted by atomic mass is 16.5. The van der Waals surface area contributed by atoms with Crippen LogP contribution in [0.15, 0.2) is 40.2 Å². The van der Waals surface area contributed by atoms with E-state index in [2.05, 4.69) is 20.7 Å². The predicted molar refractivity (Wildman–Crippen MR) is 78.5 cm³/mol. The van der Waals surface area contributed by atoms with Crippen LogP contribution in [0.3, 0.4) is 0 Å². The van der Waals surface area contributed by atoms with Crippen LogP contribution in [0.2, 0.25) is 0 Å². The maximum absolute atomic E-state index is 11.6. The van der Waals surface area contributed by atoms with E-state index in [4.69, 9.17) is 4.74 Å². The molecule has 0 radical (unpaired) electrons. The molecule has 0 bridgehead atoms. The minimum Gasteiger partial charge on any atom is -0.494 e. The maximum Gasteiger partial charge on any atom is 0.264 e. The number of aromatic amines is 2. The highest BCUT2D eigenvalue weighted by Gasteiger charge is 2.03. The van der Waals surface area contributed by atoms with Gasteiger partial charge in [0, 0.05) is 11.8 Å². The number of H-pyrrole nitrogens is 2. The molecule has 1 aromatic carbocycles. The van der Waals surface area contributed by atoms with Gasteiger partial charge < -0.3 is 9.84 Å². The molecular weight excluding hydrogens is 272 g/mol. The number of benzene rings is 1. The summed E-state index contributed by atoms with van der Waals surface area (Å²) < 4.78 is 5.33. The number of nitrogens with one attached hydrogen (secondary N) is 3. The molecule has 110 valence electrons. The third-order valence-corrected chi connectivity index (χ3v) is 2.60. The lowest BCUT2D eigenvalue weighted by Crippen LogP contribution is -2.20. The maximum atomic E-state index is 11.6. The van der Waals surface area contributed by atoms with E-state index < -0.39 is 0 Å². The lowest BCUT2D eigenvalue weighted by atomic mass is 10.2. The van der Waals surface area contributed by atoms with E-state index in [9.17, 15) is 9.59 Å². The molecule has 0 saturated carbocycles. The van der Waals surface area contributed by atoms with E-state index in [1.54, 1.807) is 0 Å². The summed E-state index contributed by atoms with van der Waals surface area (Å²) in [6.07, 6.45) is 1.59. The topological polar surface area (TPSA) is 99.3 Å². The fourth-order valence-corrected chi connectivity index (χ4v) is 1.68. The van der Waals surface area contributed by atoms with Crippen LogP contribution in [0.5, 0.6) is 5.75 Å². The minimum absolute atomic E-state index is 0.0549. The van der Waals surface area contributed by atoms with Gasteiger partial charge in [-0.3, -0.25) is 14.7 Å². The van der Waals surface area contributed by atoms with E-state index >= 15 is 0 Å². The van der Waals surface area contributed by atoms with Crippen molar-refractivity contribution in [3.63, 3.8) is 0 Å². The van der Waals surface area contributed by atoms with Gasteiger partial charge in [-0.1, -0.05) is 0 Å². The van der Waals surface area contributed by atoms with Gasteiger partial charge in [0.15, 0.2) is 0 Å². The number of aromatic nitrogens is 2. The normalized spacial score (nSPS) is 10.7. The summed E-state index contributed by atoms with van der Waals surface area (Å²) >= 11 is 0. The molecule has 0 atom stereocenters. The van der Waals surface area contributed by atoms with E-state index in [1.807, 2.05) is 31.2 Å². The zero-order valence-electron chi connectivity index (χ0n) is 11.6. The molecule has 7 heteroatoms. The van der Waals surface area contributed by atoms with Gasteiger partial charge in [-0.05, 0) is 36.8 Å². The summed E-state index contributed by atoms with van der Waals surface area (Å²) in [6.45, 7) is 2.54. The molecule has 0 aliphatic rings. The van der Waals surface area contributed by atoms with E-state index in [1.165, 1.54) is 12.3 Å². The van der Waals surface area contributed by atoms with Crippen molar-refractivity contribution in [3.8, 4) is 5.75 Å². The number of carbonyl (C=O) groups excluding carboxylic acids is 1. The molecule has 0 saturated heterocycles. The van der Waals surface area contributed by atoms with Crippen molar-refractivity contribution in [2.75, 3.05) is 6.61 Å². The van der Waals surface area contributed by atoms with E-state index in [0.29, 0.717) is 12.3 Å². The predicted octanol–water partition coefficient (Wildman–Crippen LogP) is 0.794. The van der Waals surface area contributed by atoms with Crippen LogP contribution in [0.1, 0.15) is 18.2 Å². The monoisotopic (exact) mass is 288 g/mol. The van der Waals surface area contributed by atoms with Crippen molar-refractivity contribution in [1.29, 1.82) is 0 Å². The van der Waals surface area contributed by atoms with Crippen molar-refractivity contribution < 1.29 is 9.53 Å². The highest BCUT2D eigenvalue weighted by molar-refractivity contribution is 5.83. The summed E-state index contributed by atoms with van der Waals surface area (Å²) in [7, 11) is 0. The number of hydrogen-bond donors (Lipinski definition) is 3. The third kappa shape index (κ3) is 4.64. The molecule has 1 amide bonds. The lowest BCUT2D eigenvalue weighted by molar-refractivity contribution is -0.120. The van der Waals surface area contributed by atoms with Crippen molar-refractivity contribution >= 4 is 12.1 Å². The van der Waals surface area contributed by atoms with E-state index in [0.717, 1.165) is 11.3 Å². The SMILES string of the molecule is CCOc1ccc(C=NNC(=O)Cc2cc(=O)[nH][nH]2)cc1. The van der Waals surface area contributed by atoms with Gasteiger partial charge in [0.25, 0.3) is 5.56 Å². The second-order valence-corrected chi connectivity index (χ2v) is 4.26. The van der Waals surface area contributed by atoms with Gasteiger partial charge in [-0.15, -0.1) is 0 Å². The molecule has 0 aliphatic heterocycles. The standard InChI is InChI=1S/C14H16N4O3/c1-2-21-12-5-3-10(4-6-12)9-15-17-13(19)7-11-8-14(20)18-16-11/h3-6,8-9H,2,7H2,1H3,(H,17,19)(H2,16,18,20). The number of nitrogens with zero attached hydrogens (tertiary/aromatic N) is 1. The van der Waals surface area contributed by atoms with E-state index in [-0.39, 0.29) is 17.9 Å². The van der Waals surface area contributed by atoms with Crippen LogP contribution in [0.4, 0.5) is 0 Å². The van der Waals surface area contributed by atoms with Gasteiger partial charge in [0.1, 0.15) is 5.75 Å². The Labute approximate surface area is 121 Å². The first-order valence-corrected chi connectivity index (χ1v) is 6.48. The Morgan fingerprint density at radius 1 is 1.33 bits per heavy atom. The lowest BCUT2D eigenvalue weighted by Gasteiger charge is -2.02. The zero-order chi connectivity index (χ0) is 15.1. The first-order valence-electron chi connectivity index (χ1n) is 6.48. The average molecular weight is 288 g/mol. The first-order chi connectivity index (χ1) is 10.2. The Morgan fingerprint density at radius 3 is 2.71 bits per heavy atom. The molecular formula is C14H16N4O3. The molecule has 2 rings (SSSR count). The average Bonchev–Trinajstić information content (AvgIpc) is 2.86. The highest BCUT2D eigenvalue weighted by Crippen LogP contribution is 2.10. The molecule has 0 aliphatic carbocycles. The van der Waals surface area contributed by atoms with Crippen LogP contribution in [-0.2, 0) is 11.2 Å². The molecule has 7 nitrogen and oxygen atoms in total. The molecule has 0 unspecified atom stereocenters. The smallest absolute Gasteiger partial charge is 0.264 e. The summed E-state index contributed by atoms with van der Waals surface area (Å²) in [4.78, 5) is 22.5. The van der Waals surface area contributed by atoms with Crippen molar-refractivity contribution in [2.24, 2.45) is 5.10 Å². The van der Waals surface area contributed by atoms with Gasteiger partial charge in [0.2, 0.25) is 5.91 Å². The molecule has 0 spiro atoms. The van der Waals surface area contributed by atoms with Crippen LogP contribution in [0, 0.1) is 0 Å². The summed E-state index contributed by atoms with van der Waals surface area (Å²) in [5.74, 6) is 0.475. The number of hydrazone groups is 1. The minimum atomic E-state index is -0.313. The Balaban J connectivity index is 1.83. The molecule has 1 heterocycles. The number of amides is 1. The molecule has 3 N–H and O–H groups in total. The fraction of sp³-hybridized carbons (Fsp3) is 0.214. The summed E-state index contributed by atoms with van der Waals surface area (Å²) in [5, 5.41) is 8.81. The van der Waals surface area contributed by atoms with Crippen molar-refractivity contribution in [1.82, 2.24) is 15.6 Å². The van der Waals surface area contributed by atoms with Crippen LogP contribution in [-0.4, -0.2) is 28.9 Å². The second-order valence-electron chi connectivity index (χ2n) is 4.26. The van der Waals surface area contributed by atoms with Gasteiger partial charge in [0.05, 0.1) is 19.2 Å². The molecule has 21 heavy (non-hydrogen) atoms. The Hall–Kier alpha value is -2.83.